The number of aliphatic carboxylic acids is 1. The number of rotatable bonds is 8. The summed E-state index contributed by atoms with van der Waals surface area (Å²) in [7, 11) is 0. The largest absolute Gasteiger partial charge is 0.480 e. The molecule has 26 heavy (non-hydrogen) atoms. The van der Waals surface area contributed by atoms with Crippen LogP contribution in [0.1, 0.15) is 24.8 Å². The van der Waals surface area contributed by atoms with Gasteiger partial charge in [-0.15, -0.1) is 0 Å². The molecule has 1 aliphatic rings. The summed E-state index contributed by atoms with van der Waals surface area (Å²) in [4.78, 5) is 26.0. The number of benzene rings is 1. The molecule has 138 valence electrons. The molecule has 7 nitrogen and oxygen atoms in total. The van der Waals surface area contributed by atoms with E-state index >= 15 is 0 Å². The summed E-state index contributed by atoms with van der Waals surface area (Å²) in [6.45, 7) is 1.75. The average molecular weight is 356 g/mol. The lowest BCUT2D eigenvalue weighted by Crippen LogP contribution is -2.47. The van der Waals surface area contributed by atoms with Crippen LogP contribution in [0.25, 0.3) is 0 Å². The summed E-state index contributed by atoms with van der Waals surface area (Å²) in [5, 5.41) is 16.6. The van der Waals surface area contributed by atoms with Crippen LogP contribution in [0, 0.1) is 0 Å². The van der Waals surface area contributed by atoms with Gasteiger partial charge in [-0.2, -0.15) is 5.10 Å². The van der Waals surface area contributed by atoms with Gasteiger partial charge in [-0.1, -0.05) is 30.3 Å². The maximum atomic E-state index is 12.6. The fraction of sp³-hybridized carbons (Fsp3) is 0.421. The minimum Gasteiger partial charge on any atom is -0.480 e. The van der Waals surface area contributed by atoms with Crippen LogP contribution in [0.2, 0.25) is 0 Å². The molecule has 7 heteroatoms. The van der Waals surface area contributed by atoms with Crippen molar-refractivity contribution in [1.29, 1.82) is 0 Å². The Bertz CT molecular complexity index is 718. The topological polar surface area (TPSA) is 87.5 Å². The first-order chi connectivity index (χ1) is 12.6. The van der Waals surface area contributed by atoms with E-state index in [4.69, 9.17) is 0 Å². The van der Waals surface area contributed by atoms with Crippen LogP contribution in [0.3, 0.4) is 0 Å². The van der Waals surface area contributed by atoms with Crippen LogP contribution in [-0.4, -0.2) is 50.3 Å². The monoisotopic (exact) mass is 356 g/mol. The summed E-state index contributed by atoms with van der Waals surface area (Å²) in [6.07, 6.45) is 5.45. The quantitative estimate of drug-likeness (QED) is 0.700. The lowest BCUT2D eigenvalue weighted by molar-refractivity contribution is -0.143. The number of likely N-dealkylation sites (tertiary alicyclic amines) is 1. The van der Waals surface area contributed by atoms with Crippen LogP contribution >= 0.6 is 0 Å². The van der Waals surface area contributed by atoms with Crippen molar-refractivity contribution in [3.05, 3.63) is 54.4 Å². The first kappa shape index (κ1) is 18.1. The number of carboxylic acid groups (broad SMARTS) is 1. The zero-order valence-corrected chi connectivity index (χ0v) is 14.6. The molecule has 2 atom stereocenters. The van der Waals surface area contributed by atoms with Gasteiger partial charge in [-0.25, -0.2) is 0 Å². The molecule has 0 aliphatic carbocycles. The Morgan fingerprint density at radius 1 is 1.15 bits per heavy atom. The molecule has 1 fully saturated rings. The molecule has 2 aromatic rings. The molecular formula is C19H24N4O3. The molecule has 0 spiro atoms. The summed E-state index contributed by atoms with van der Waals surface area (Å²) >= 11 is 0. The van der Waals surface area contributed by atoms with Gasteiger partial charge in [0.05, 0.1) is 6.04 Å². The second-order valence-electron chi connectivity index (χ2n) is 6.52. The van der Waals surface area contributed by atoms with Gasteiger partial charge in [0.1, 0.15) is 6.04 Å². The summed E-state index contributed by atoms with van der Waals surface area (Å²) in [6, 6.07) is 10.5. The van der Waals surface area contributed by atoms with Crippen molar-refractivity contribution in [1.82, 2.24) is 20.0 Å². The van der Waals surface area contributed by atoms with E-state index < -0.39 is 18.1 Å². The van der Waals surface area contributed by atoms with E-state index in [0.29, 0.717) is 25.9 Å². The average Bonchev–Trinajstić information content (AvgIpc) is 3.29. The molecule has 1 aromatic heterocycles. The lowest BCUT2D eigenvalue weighted by Gasteiger charge is -2.27. The van der Waals surface area contributed by atoms with Gasteiger partial charge in [-0.3, -0.25) is 19.2 Å². The van der Waals surface area contributed by atoms with E-state index in [1.165, 1.54) is 0 Å². The second kappa shape index (κ2) is 8.62. The molecule has 1 saturated heterocycles. The standard InChI is InChI=1S/C19H24N4O3/c24-18(20-10-4-12-22-13-5-11-21-22)16-8-9-17(19(25)26)23(16)14-15-6-2-1-3-7-15/h1-3,5-7,11,13,16-17H,4,8-10,12,14H2,(H,20,24)(H,25,26). The number of amides is 1. The number of hydrogen-bond acceptors (Lipinski definition) is 4. The van der Waals surface area contributed by atoms with E-state index in [9.17, 15) is 14.7 Å². The van der Waals surface area contributed by atoms with Crippen molar-refractivity contribution in [3.63, 3.8) is 0 Å². The predicted octanol–water partition coefficient (Wildman–Crippen LogP) is 1.51. The predicted molar refractivity (Wildman–Crippen MR) is 96.3 cm³/mol. The Morgan fingerprint density at radius 2 is 1.92 bits per heavy atom. The highest BCUT2D eigenvalue weighted by Crippen LogP contribution is 2.26. The normalized spacial score (nSPS) is 20.2. The first-order valence-electron chi connectivity index (χ1n) is 8.93. The number of carbonyl (C=O) groups excluding carboxylic acids is 1. The van der Waals surface area contributed by atoms with Gasteiger partial charge in [-0.05, 0) is 30.9 Å². The van der Waals surface area contributed by atoms with E-state index in [0.717, 1.165) is 18.5 Å². The zero-order valence-electron chi connectivity index (χ0n) is 14.6. The van der Waals surface area contributed by atoms with Crippen molar-refractivity contribution >= 4 is 11.9 Å². The molecule has 1 aliphatic heterocycles. The van der Waals surface area contributed by atoms with Crippen LogP contribution in [0.15, 0.2) is 48.8 Å². The first-order valence-corrected chi connectivity index (χ1v) is 8.93. The number of nitrogens with zero attached hydrogens (tertiary/aromatic N) is 3. The van der Waals surface area contributed by atoms with Crippen LogP contribution in [0.4, 0.5) is 0 Å². The maximum absolute atomic E-state index is 12.6. The fourth-order valence-electron chi connectivity index (χ4n) is 3.43. The highest BCUT2D eigenvalue weighted by atomic mass is 16.4. The van der Waals surface area contributed by atoms with E-state index in [2.05, 4.69) is 10.4 Å². The number of nitrogens with one attached hydrogen (secondary N) is 1. The molecule has 2 unspecified atom stereocenters. The minimum atomic E-state index is -0.866. The molecule has 2 N–H and O–H groups in total. The third kappa shape index (κ3) is 4.49. The Morgan fingerprint density at radius 3 is 2.62 bits per heavy atom. The van der Waals surface area contributed by atoms with E-state index in [1.807, 2.05) is 47.3 Å². The van der Waals surface area contributed by atoms with E-state index in [1.54, 1.807) is 11.1 Å². The number of aryl methyl sites for hydroxylation is 1. The fourth-order valence-corrected chi connectivity index (χ4v) is 3.43. The Kier molecular flexibility index (Phi) is 6.01. The van der Waals surface area contributed by atoms with Crippen molar-refractivity contribution in [2.45, 2.75) is 44.4 Å². The number of hydrogen-bond donors (Lipinski definition) is 2. The molecule has 0 bridgehead atoms. The molecule has 2 heterocycles. The molecule has 0 radical (unpaired) electrons. The van der Waals surface area contributed by atoms with Gasteiger partial charge in [0.2, 0.25) is 5.91 Å². The SMILES string of the molecule is O=C(O)C1CCC(C(=O)NCCCn2cccn2)N1Cc1ccccc1. The Hall–Kier alpha value is -2.67. The third-order valence-corrected chi connectivity index (χ3v) is 4.73. The minimum absolute atomic E-state index is 0.0925. The molecule has 1 amide bonds. The van der Waals surface area contributed by atoms with Gasteiger partial charge < -0.3 is 10.4 Å². The maximum Gasteiger partial charge on any atom is 0.320 e. The van der Waals surface area contributed by atoms with Crippen LogP contribution < -0.4 is 5.32 Å². The highest BCUT2D eigenvalue weighted by Gasteiger charge is 2.41. The van der Waals surface area contributed by atoms with Crippen molar-refractivity contribution in [2.75, 3.05) is 6.54 Å². The van der Waals surface area contributed by atoms with Gasteiger partial charge in [0.15, 0.2) is 0 Å². The van der Waals surface area contributed by atoms with Gasteiger partial charge in [0, 0.05) is 32.0 Å². The third-order valence-electron chi connectivity index (χ3n) is 4.73. The summed E-state index contributed by atoms with van der Waals surface area (Å²) in [5.41, 5.74) is 1.01. The smallest absolute Gasteiger partial charge is 0.320 e. The highest BCUT2D eigenvalue weighted by molar-refractivity contribution is 5.84. The Balaban J connectivity index is 1.56. The van der Waals surface area contributed by atoms with Crippen LogP contribution in [0.5, 0.6) is 0 Å². The number of carbonyl (C=O) groups is 2. The van der Waals surface area contributed by atoms with E-state index in [-0.39, 0.29) is 5.91 Å². The molecule has 0 saturated carbocycles. The molecule has 3 rings (SSSR count). The van der Waals surface area contributed by atoms with Crippen LogP contribution in [-0.2, 0) is 22.7 Å². The summed E-state index contributed by atoms with van der Waals surface area (Å²) < 4.78 is 1.82. The Labute approximate surface area is 152 Å². The molecular weight excluding hydrogens is 332 g/mol. The number of carboxylic acids is 1. The number of aromatic nitrogens is 2. The van der Waals surface area contributed by atoms with Gasteiger partial charge >= 0.3 is 5.97 Å². The molecule has 1 aromatic carbocycles. The zero-order chi connectivity index (χ0) is 18.4. The lowest BCUT2D eigenvalue weighted by atomic mass is 10.1. The van der Waals surface area contributed by atoms with Crippen molar-refractivity contribution in [3.8, 4) is 0 Å². The summed E-state index contributed by atoms with van der Waals surface area (Å²) in [5.74, 6) is -0.958. The van der Waals surface area contributed by atoms with Crippen molar-refractivity contribution in [2.24, 2.45) is 0 Å². The second-order valence-corrected chi connectivity index (χ2v) is 6.52. The van der Waals surface area contributed by atoms with Gasteiger partial charge in [0.25, 0.3) is 0 Å². The van der Waals surface area contributed by atoms with Crippen molar-refractivity contribution < 1.29 is 14.7 Å².